The van der Waals surface area contributed by atoms with Gasteiger partial charge in [-0.15, -0.1) is 0 Å². The Morgan fingerprint density at radius 2 is 1.08 bits per heavy atom. The quantitative estimate of drug-likeness (QED) is 0.623. The van der Waals surface area contributed by atoms with Gasteiger partial charge in [0.2, 0.25) is 0 Å². The van der Waals surface area contributed by atoms with Crippen molar-refractivity contribution in [3.63, 3.8) is 0 Å². The Balaban J connectivity index is 1.98. The van der Waals surface area contributed by atoms with Gasteiger partial charge in [-0.1, -0.05) is 12.8 Å². The topological polar surface area (TPSA) is 40.5 Å². The van der Waals surface area contributed by atoms with Crippen molar-refractivity contribution in [3.05, 3.63) is 0 Å². The van der Waals surface area contributed by atoms with Crippen LogP contribution < -0.4 is 0 Å². The van der Waals surface area contributed by atoms with E-state index in [-0.39, 0.29) is 12.2 Å². The van der Waals surface area contributed by atoms with Gasteiger partial charge in [0.15, 0.2) is 0 Å². The molecule has 0 aliphatic heterocycles. The Morgan fingerprint density at radius 3 is 1.33 bits per heavy atom. The van der Waals surface area contributed by atoms with Crippen LogP contribution in [0, 0.1) is 11.8 Å². The van der Waals surface area contributed by atoms with Crippen molar-refractivity contribution in [1.82, 2.24) is 0 Å². The minimum atomic E-state index is -0.122. The molecule has 4 atom stereocenters. The van der Waals surface area contributed by atoms with Crippen LogP contribution in [0.1, 0.15) is 38.5 Å². The van der Waals surface area contributed by atoms with Gasteiger partial charge in [0.1, 0.15) is 0 Å². The standard InChI is InChI=1S/C10H18O2/c11-9-5-1-3-7(9)8-4-2-6-10(8)12/h7-12H,1-6H2/t7-,8+,9-,10+. The number of rotatable bonds is 1. The minimum absolute atomic E-state index is 0.122. The summed E-state index contributed by atoms with van der Waals surface area (Å²) < 4.78 is 0. The summed E-state index contributed by atoms with van der Waals surface area (Å²) in [4.78, 5) is 0. The van der Waals surface area contributed by atoms with Crippen LogP contribution in [-0.2, 0) is 0 Å². The smallest absolute Gasteiger partial charge is 0.0572 e. The molecule has 12 heavy (non-hydrogen) atoms. The van der Waals surface area contributed by atoms with E-state index in [9.17, 15) is 10.2 Å². The van der Waals surface area contributed by atoms with Gasteiger partial charge in [0.05, 0.1) is 12.2 Å². The first-order chi connectivity index (χ1) is 5.79. The molecule has 2 nitrogen and oxygen atoms in total. The largest absolute Gasteiger partial charge is 0.393 e. The molecular weight excluding hydrogens is 152 g/mol. The molecule has 0 unspecified atom stereocenters. The summed E-state index contributed by atoms with van der Waals surface area (Å²) in [5.41, 5.74) is 0. The predicted octanol–water partition coefficient (Wildman–Crippen LogP) is 1.31. The van der Waals surface area contributed by atoms with Gasteiger partial charge in [0.25, 0.3) is 0 Å². The molecule has 2 aliphatic carbocycles. The lowest BCUT2D eigenvalue weighted by atomic mass is 9.86. The Kier molecular flexibility index (Phi) is 2.37. The summed E-state index contributed by atoms with van der Waals surface area (Å²) in [6.07, 6.45) is 6.21. The summed E-state index contributed by atoms with van der Waals surface area (Å²) >= 11 is 0. The second-order valence-corrected chi connectivity index (χ2v) is 4.32. The Morgan fingerprint density at radius 1 is 0.667 bits per heavy atom. The molecule has 0 spiro atoms. The molecule has 2 heteroatoms. The van der Waals surface area contributed by atoms with Crippen molar-refractivity contribution in [2.75, 3.05) is 0 Å². The zero-order valence-electron chi connectivity index (χ0n) is 7.45. The van der Waals surface area contributed by atoms with Gasteiger partial charge >= 0.3 is 0 Å². The molecule has 0 saturated heterocycles. The second kappa shape index (κ2) is 3.35. The summed E-state index contributed by atoms with van der Waals surface area (Å²) in [5.74, 6) is 0.810. The van der Waals surface area contributed by atoms with Crippen LogP contribution in [0.2, 0.25) is 0 Å². The zero-order chi connectivity index (χ0) is 8.55. The number of hydrogen-bond donors (Lipinski definition) is 2. The van der Waals surface area contributed by atoms with E-state index >= 15 is 0 Å². The zero-order valence-corrected chi connectivity index (χ0v) is 7.45. The lowest BCUT2D eigenvalue weighted by Gasteiger charge is -2.24. The highest BCUT2D eigenvalue weighted by Gasteiger charge is 2.38. The average molecular weight is 170 g/mol. The van der Waals surface area contributed by atoms with Crippen molar-refractivity contribution in [2.24, 2.45) is 11.8 Å². The maximum Gasteiger partial charge on any atom is 0.0572 e. The molecule has 0 aromatic rings. The fourth-order valence-corrected chi connectivity index (χ4v) is 2.94. The summed E-state index contributed by atoms with van der Waals surface area (Å²) in [5, 5.41) is 19.3. The molecule has 2 fully saturated rings. The van der Waals surface area contributed by atoms with Crippen LogP contribution >= 0.6 is 0 Å². The number of aliphatic hydroxyl groups excluding tert-OH is 2. The molecule has 0 bridgehead atoms. The molecule has 2 aliphatic rings. The molecule has 0 heterocycles. The van der Waals surface area contributed by atoms with E-state index in [0.717, 1.165) is 38.5 Å². The van der Waals surface area contributed by atoms with E-state index in [4.69, 9.17) is 0 Å². The number of aliphatic hydroxyl groups is 2. The van der Waals surface area contributed by atoms with Gasteiger partial charge < -0.3 is 10.2 Å². The van der Waals surface area contributed by atoms with Gasteiger partial charge in [-0.05, 0) is 37.5 Å². The van der Waals surface area contributed by atoms with Crippen LogP contribution in [0.3, 0.4) is 0 Å². The van der Waals surface area contributed by atoms with Crippen molar-refractivity contribution in [2.45, 2.75) is 50.7 Å². The first-order valence-corrected chi connectivity index (χ1v) is 5.15. The molecule has 2 rings (SSSR count). The average Bonchev–Trinajstić information content (AvgIpc) is 2.59. The van der Waals surface area contributed by atoms with Gasteiger partial charge in [-0.2, -0.15) is 0 Å². The molecular formula is C10H18O2. The molecule has 2 N–H and O–H groups in total. The molecule has 0 aromatic carbocycles. The van der Waals surface area contributed by atoms with Crippen molar-refractivity contribution in [3.8, 4) is 0 Å². The Hall–Kier alpha value is -0.0800. The van der Waals surface area contributed by atoms with Crippen molar-refractivity contribution < 1.29 is 10.2 Å². The Bertz CT molecular complexity index is 140. The van der Waals surface area contributed by atoms with Crippen molar-refractivity contribution in [1.29, 1.82) is 0 Å². The molecule has 2 saturated carbocycles. The maximum atomic E-state index is 9.66. The van der Waals surface area contributed by atoms with Crippen LogP contribution in [-0.4, -0.2) is 22.4 Å². The van der Waals surface area contributed by atoms with E-state index < -0.39 is 0 Å². The number of hydrogen-bond acceptors (Lipinski definition) is 2. The fourth-order valence-electron chi connectivity index (χ4n) is 2.94. The van der Waals surface area contributed by atoms with Gasteiger partial charge in [-0.25, -0.2) is 0 Å². The van der Waals surface area contributed by atoms with Gasteiger partial charge in [0, 0.05) is 0 Å². The van der Waals surface area contributed by atoms with E-state index in [1.54, 1.807) is 0 Å². The third kappa shape index (κ3) is 1.38. The van der Waals surface area contributed by atoms with E-state index in [0.29, 0.717) is 11.8 Å². The van der Waals surface area contributed by atoms with Crippen molar-refractivity contribution >= 4 is 0 Å². The van der Waals surface area contributed by atoms with Gasteiger partial charge in [-0.3, -0.25) is 0 Å². The molecule has 0 radical (unpaired) electrons. The molecule has 0 amide bonds. The summed E-state index contributed by atoms with van der Waals surface area (Å²) in [7, 11) is 0. The monoisotopic (exact) mass is 170 g/mol. The van der Waals surface area contributed by atoms with E-state index in [1.807, 2.05) is 0 Å². The van der Waals surface area contributed by atoms with Crippen LogP contribution in [0.4, 0.5) is 0 Å². The first-order valence-electron chi connectivity index (χ1n) is 5.15. The highest BCUT2D eigenvalue weighted by molar-refractivity contribution is 4.89. The SMILES string of the molecule is O[C@@H]1CCC[C@@H]1[C@@H]1CCC[C@@H]1O. The second-order valence-electron chi connectivity index (χ2n) is 4.32. The maximum absolute atomic E-state index is 9.66. The normalized spacial score (nSPS) is 48.5. The fraction of sp³-hybridized carbons (Fsp3) is 1.00. The summed E-state index contributed by atoms with van der Waals surface area (Å²) in [6.45, 7) is 0. The predicted molar refractivity (Wildman–Crippen MR) is 46.7 cm³/mol. The van der Waals surface area contributed by atoms with Crippen LogP contribution in [0.15, 0.2) is 0 Å². The lowest BCUT2D eigenvalue weighted by molar-refractivity contribution is 0.0398. The highest BCUT2D eigenvalue weighted by atomic mass is 16.3. The highest BCUT2D eigenvalue weighted by Crippen LogP contribution is 2.40. The summed E-state index contributed by atoms with van der Waals surface area (Å²) in [6, 6.07) is 0. The third-order valence-electron chi connectivity index (χ3n) is 3.61. The molecule has 70 valence electrons. The van der Waals surface area contributed by atoms with Crippen LogP contribution in [0.25, 0.3) is 0 Å². The lowest BCUT2D eigenvalue weighted by Crippen LogP contribution is -2.28. The molecule has 0 aromatic heterocycles. The van der Waals surface area contributed by atoms with Crippen LogP contribution in [0.5, 0.6) is 0 Å². The Labute approximate surface area is 73.6 Å². The minimum Gasteiger partial charge on any atom is -0.393 e. The van der Waals surface area contributed by atoms with E-state index in [2.05, 4.69) is 0 Å². The third-order valence-corrected chi connectivity index (χ3v) is 3.61. The first kappa shape index (κ1) is 8.52. The van der Waals surface area contributed by atoms with E-state index in [1.165, 1.54) is 0 Å².